The van der Waals surface area contributed by atoms with Crippen LogP contribution < -0.4 is 10.1 Å². The molecule has 1 aromatic carbocycles. The van der Waals surface area contributed by atoms with Gasteiger partial charge in [-0.25, -0.2) is 0 Å². The molecule has 0 aliphatic rings. The van der Waals surface area contributed by atoms with E-state index in [9.17, 15) is 4.79 Å². The van der Waals surface area contributed by atoms with Gasteiger partial charge in [0.15, 0.2) is 6.29 Å². The van der Waals surface area contributed by atoms with E-state index in [-0.39, 0.29) is 5.91 Å². The molecule has 1 rings (SSSR count). The predicted octanol–water partition coefficient (Wildman–Crippen LogP) is 2.60. The zero-order valence-electron chi connectivity index (χ0n) is 13.1. The molecule has 0 saturated heterocycles. The summed E-state index contributed by atoms with van der Waals surface area (Å²) in [5.41, 5.74) is 0.565. The molecule has 1 aromatic rings. The van der Waals surface area contributed by atoms with E-state index < -0.39 is 6.29 Å². The Labute approximate surface area is 126 Å². The largest absolute Gasteiger partial charge is 0.494 e. The zero-order valence-corrected chi connectivity index (χ0v) is 13.1. The van der Waals surface area contributed by atoms with Crippen molar-refractivity contribution in [3.8, 4) is 5.75 Å². The molecule has 0 bridgehead atoms. The summed E-state index contributed by atoms with van der Waals surface area (Å²) in [6.45, 7) is 7.87. The van der Waals surface area contributed by atoms with Gasteiger partial charge in [-0.05, 0) is 38.5 Å². The molecule has 0 aliphatic carbocycles. The fraction of sp³-hybridized carbons (Fsp3) is 0.562. The number of nitrogens with one attached hydrogen (secondary N) is 1. The van der Waals surface area contributed by atoms with Crippen LogP contribution in [0.25, 0.3) is 0 Å². The molecule has 21 heavy (non-hydrogen) atoms. The Hall–Kier alpha value is -1.59. The monoisotopic (exact) mass is 295 g/mol. The van der Waals surface area contributed by atoms with Gasteiger partial charge < -0.3 is 19.5 Å². The van der Waals surface area contributed by atoms with Gasteiger partial charge in [-0.2, -0.15) is 0 Å². The summed E-state index contributed by atoms with van der Waals surface area (Å²) in [5.74, 6) is 0.539. The summed E-state index contributed by atoms with van der Waals surface area (Å²) in [4.78, 5) is 12.1. The second-order valence-electron chi connectivity index (χ2n) is 4.43. The average molecular weight is 295 g/mol. The molecule has 1 amide bonds. The summed E-state index contributed by atoms with van der Waals surface area (Å²) in [6, 6.07) is 7.14. The van der Waals surface area contributed by atoms with Crippen LogP contribution in [-0.2, 0) is 9.47 Å². The van der Waals surface area contributed by atoms with Gasteiger partial charge in [-0.3, -0.25) is 4.79 Å². The van der Waals surface area contributed by atoms with Gasteiger partial charge in [0.25, 0.3) is 5.91 Å². The number of amides is 1. The van der Waals surface area contributed by atoms with E-state index >= 15 is 0 Å². The quantitative estimate of drug-likeness (QED) is 0.674. The highest BCUT2D eigenvalue weighted by Gasteiger charge is 2.12. The molecule has 0 saturated carbocycles. The van der Waals surface area contributed by atoms with Gasteiger partial charge in [0.1, 0.15) is 5.75 Å². The second kappa shape index (κ2) is 10.2. The highest BCUT2D eigenvalue weighted by atomic mass is 16.7. The summed E-state index contributed by atoms with van der Waals surface area (Å²) in [6.07, 6.45) is 0.518. The number of benzene rings is 1. The Morgan fingerprint density at radius 1 is 1.19 bits per heavy atom. The van der Waals surface area contributed by atoms with Crippen LogP contribution in [0.4, 0.5) is 0 Å². The number of carbonyl (C=O) groups is 1. The van der Waals surface area contributed by atoms with Gasteiger partial charge in [-0.15, -0.1) is 0 Å². The van der Waals surface area contributed by atoms with Gasteiger partial charge in [0.05, 0.1) is 13.2 Å². The van der Waals surface area contributed by atoms with E-state index in [0.717, 1.165) is 6.42 Å². The summed E-state index contributed by atoms with van der Waals surface area (Å²) in [5, 5.41) is 2.81. The minimum atomic E-state index is -0.413. The zero-order chi connectivity index (χ0) is 15.5. The normalized spacial score (nSPS) is 10.7. The molecule has 5 nitrogen and oxygen atoms in total. The van der Waals surface area contributed by atoms with Crippen molar-refractivity contribution in [1.82, 2.24) is 5.32 Å². The molecular weight excluding hydrogens is 270 g/mol. The lowest BCUT2D eigenvalue weighted by atomic mass is 10.2. The van der Waals surface area contributed by atoms with Gasteiger partial charge >= 0.3 is 0 Å². The maximum atomic E-state index is 12.1. The Morgan fingerprint density at radius 2 is 1.90 bits per heavy atom. The summed E-state index contributed by atoms with van der Waals surface area (Å²) >= 11 is 0. The Kier molecular flexibility index (Phi) is 8.47. The Balaban J connectivity index is 2.54. The molecule has 0 spiro atoms. The van der Waals surface area contributed by atoms with E-state index in [4.69, 9.17) is 14.2 Å². The van der Waals surface area contributed by atoms with E-state index in [2.05, 4.69) is 5.32 Å². The second-order valence-corrected chi connectivity index (χ2v) is 4.43. The van der Waals surface area contributed by atoms with Crippen molar-refractivity contribution >= 4 is 5.91 Å². The topological polar surface area (TPSA) is 56.8 Å². The van der Waals surface area contributed by atoms with Crippen LogP contribution in [0.3, 0.4) is 0 Å². The van der Waals surface area contributed by atoms with Gasteiger partial charge in [0, 0.05) is 18.8 Å². The number of hydrogen-bond donors (Lipinski definition) is 1. The first-order chi connectivity index (χ1) is 10.2. The predicted molar refractivity (Wildman–Crippen MR) is 81.6 cm³/mol. The molecule has 0 heterocycles. The third-order valence-corrected chi connectivity index (χ3v) is 2.70. The van der Waals surface area contributed by atoms with E-state index in [0.29, 0.717) is 37.7 Å². The first-order valence-electron chi connectivity index (χ1n) is 7.45. The minimum Gasteiger partial charge on any atom is -0.494 e. The number of ether oxygens (including phenoxy) is 3. The summed E-state index contributed by atoms with van der Waals surface area (Å²) in [7, 11) is 0. The Morgan fingerprint density at radius 3 is 2.52 bits per heavy atom. The van der Waals surface area contributed by atoms with E-state index in [1.54, 1.807) is 12.1 Å². The first-order valence-corrected chi connectivity index (χ1v) is 7.45. The molecule has 0 atom stereocenters. The van der Waals surface area contributed by atoms with Gasteiger partial charge in [0.2, 0.25) is 0 Å². The van der Waals surface area contributed by atoms with Crippen LogP contribution in [0.1, 0.15) is 37.6 Å². The smallest absolute Gasteiger partial charge is 0.251 e. The third kappa shape index (κ3) is 6.60. The maximum Gasteiger partial charge on any atom is 0.251 e. The molecule has 0 radical (unpaired) electrons. The van der Waals surface area contributed by atoms with Crippen LogP contribution >= 0.6 is 0 Å². The van der Waals surface area contributed by atoms with Crippen LogP contribution in [0, 0.1) is 0 Å². The molecule has 5 heteroatoms. The molecule has 0 aliphatic heterocycles. The molecule has 1 N–H and O–H groups in total. The highest BCUT2D eigenvalue weighted by Crippen LogP contribution is 2.13. The third-order valence-electron chi connectivity index (χ3n) is 2.70. The minimum absolute atomic E-state index is 0.165. The maximum absolute atomic E-state index is 12.1. The Bertz CT molecular complexity index is 416. The summed E-state index contributed by atoms with van der Waals surface area (Å²) < 4.78 is 16.3. The molecular formula is C16H25NO4. The molecule has 0 aromatic heterocycles. The van der Waals surface area contributed by atoms with Crippen molar-refractivity contribution in [2.24, 2.45) is 0 Å². The van der Waals surface area contributed by atoms with Crippen LogP contribution in [0.2, 0.25) is 0 Å². The lowest BCUT2D eigenvalue weighted by Gasteiger charge is -2.17. The SMILES string of the molecule is CCCOc1cccc(C(=O)NCC(OCC)OCC)c1. The van der Waals surface area contributed by atoms with E-state index in [1.165, 1.54) is 0 Å². The lowest BCUT2D eigenvalue weighted by Crippen LogP contribution is -2.35. The van der Waals surface area contributed by atoms with Gasteiger partial charge in [-0.1, -0.05) is 13.0 Å². The van der Waals surface area contributed by atoms with Crippen LogP contribution in [0.5, 0.6) is 5.75 Å². The van der Waals surface area contributed by atoms with Crippen LogP contribution in [0.15, 0.2) is 24.3 Å². The van der Waals surface area contributed by atoms with E-state index in [1.807, 2.05) is 32.9 Å². The average Bonchev–Trinajstić information content (AvgIpc) is 2.51. The van der Waals surface area contributed by atoms with Crippen molar-refractivity contribution in [3.05, 3.63) is 29.8 Å². The fourth-order valence-corrected chi connectivity index (χ4v) is 1.76. The molecule has 0 fully saturated rings. The van der Waals surface area contributed by atoms with Crippen molar-refractivity contribution in [1.29, 1.82) is 0 Å². The van der Waals surface area contributed by atoms with Crippen LogP contribution in [-0.4, -0.2) is 38.6 Å². The number of hydrogen-bond acceptors (Lipinski definition) is 4. The van der Waals surface area contributed by atoms with Crippen molar-refractivity contribution in [2.75, 3.05) is 26.4 Å². The van der Waals surface area contributed by atoms with Crippen molar-refractivity contribution < 1.29 is 19.0 Å². The lowest BCUT2D eigenvalue weighted by molar-refractivity contribution is -0.131. The molecule has 118 valence electrons. The van der Waals surface area contributed by atoms with Crippen molar-refractivity contribution in [3.63, 3.8) is 0 Å². The standard InChI is InChI=1S/C16H25NO4/c1-4-10-21-14-9-7-8-13(11-14)16(18)17-12-15(19-5-2)20-6-3/h7-9,11,15H,4-6,10,12H2,1-3H3,(H,17,18). The number of rotatable bonds is 10. The fourth-order valence-electron chi connectivity index (χ4n) is 1.76. The highest BCUT2D eigenvalue weighted by molar-refractivity contribution is 5.94. The van der Waals surface area contributed by atoms with Crippen molar-refractivity contribution in [2.45, 2.75) is 33.5 Å². The first kappa shape index (κ1) is 17.5. The number of carbonyl (C=O) groups excluding carboxylic acids is 1. The molecule has 0 unspecified atom stereocenters.